The van der Waals surface area contributed by atoms with E-state index in [1.54, 1.807) is 36.5 Å². The number of halogens is 5. The monoisotopic (exact) mass is 424 g/mol. The summed E-state index contributed by atoms with van der Waals surface area (Å²) in [4.78, 5) is 17.8. The normalized spacial score (nSPS) is 16.1. The Morgan fingerprint density at radius 3 is 2.59 bits per heavy atom. The van der Waals surface area contributed by atoms with Gasteiger partial charge in [-0.25, -0.2) is 0 Å². The van der Waals surface area contributed by atoms with E-state index in [1.807, 2.05) is 0 Å². The number of rotatable bonds is 4. The van der Waals surface area contributed by atoms with Crippen molar-refractivity contribution in [1.29, 1.82) is 0 Å². The number of hydrogen-bond acceptors (Lipinski definition) is 4. The second-order valence-corrected chi connectivity index (χ2v) is 5.96. The van der Waals surface area contributed by atoms with Crippen LogP contribution in [0.15, 0.2) is 36.5 Å². The van der Waals surface area contributed by atoms with Crippen molar-refractivity contribution in [3.63, 3.8) is 0 Å². The minimum atomic E-state index is -4.39. The van der Waals surface area contributed by atoms with Gasteiger partial charge in [-0.2, -0.15) is 13.2 Å². The first-order chi connectivity index (χ1) is 11.9. The van der Waals surface area contributed by atoms with Gasteiger partial charge in [0.15, 0.2) is 0 Å². The van der Waals surface area contributed by atoms with Crippen molar-refractivity contribution in [2.24, 2.45) is 0 Å². The molecule has 1 unspecified atom stereocenters. The number of alkyl halides is 3. The lowest BCUT2D eigenvalue weighted by Crippen LogP contribution is -2.57. The van der Waals surface area contributed by atoms with Crippen molar-refractivity contribution >= 4 is 41.6 Å². The molecule has 0 spiro atoms. The standard InChI is InChI=1S/C17H19F3N4O.2ClH/c18-17(19,20)15(24-8-6-21-7-9-24)11-23-16(25)13-3-4-14-12(10-13)2-1-5-22-14;;/h1-5,10,15,21H,6-9,11H2,(H,23,25);2*1H. The highest BCUT2D eigenvalue weighted by Gasteiger charge is 2.43. The molecule has 27 heavy (non-hydrogen) atoms. The zero-order valence-corrected chi connectivity index (χ0v) is 16.0. The largest absolute Gasteiger partial charge is 0.405 e. The van der Waals surface area contributed by atoms with Gasteiger partial charge in [-0.05, 0) is 24.3 Å². The molecule has 1 amide bonds. The van der Waals surface area contributed by atoms with E-state index in [-0.39, 0.29) is 24.8 Å². The second kappa shape index (κ2) is 10.1. The summed E-state index contributed by atoms with van der Waals surface area (Å²) < 4.78 is 40.0. The first-order valence-corrected chi connectivity index (χ1v) is 8.09. The maximum absolute atomic E-state index is 13.3. The number of pyridine rings is 1. The average molecular weight is 425 g/mol. The molecule has 0 saturated carbocycles. The molecule has 2 N–H and O–H groups in total. The molecule has 1 aromatic heterocycles. The molecule has 1 saturated heterocycles. The Bertz CT molecular complexity index is 754. The van der Waals surface area contributed by atoms with Gasteiger partial charge in [0.2, 0.25) is 0 Å². The molecule has 1 aliphatic rings. The van der Waals surface area contributed by atoms with Gasteiger partial charge in [0.05, 0.1) is 5.52 Å². The number of nitrogens with zero attached hydrogens (tertiary/aromatic N) is 2. The van der Waals surface area contributed by atoms with Gasteiger partial charge in [0, 0.05) is 49.9 Å². The lowest BCUT2D eigenvalue weighted by atomic mass is 10.1. The Labute approximate surface area is 167 Å². The Morgan fingerprint density at radius 1 is 1.22 bits per heavy atom. The molecule has 1 fully saturated rings. The number of nitrogens with one attached hydrogen (secondary N) is 2. The van der Waals surface area contributed by atoms with Crippen LogP contribution in [0.25, 0.3) is 10.9 Å². The molecule has 3 rings (SSSR count). The smallest absolute Gasteiger partial charge is 0.350 e. The summed E-state index contributed by atoms with van der Waals surface area (Å²) in [6.07, 6.45) is -2.75. The number of hydrogen-bond donors (Lipinski definition) is 2. The zero-order chi connectivity index (χ0) is 17.9. The van der Waals surface area contributed by atoms with Crippen molar-refractivity contribution < 1.29 is 18.0 Å². The molecule has 1 atom stereocenters. The van der Waals surface area contributed by atoms with Gasteiger partial charge in [-0.1, -0.05) is 6.07 Å². The van der Waals surface area contributed by atoms with Crippen LogP contribution in [0.3, 0.4) is 0 Å². The predicted octanol–water partition coefficient (Wildman–Crippen LogP) is 2.64. The van der Waals surface area contributed by atoms with E-state index in [0.717, 1.165) is 10.9 Å². The maximum atomic E-state index is 13.3. The van der Waals surface area contributed by atoms with Crippen molar-refractivity contribution in [1.82, 2.24) is 20.5 Å². The number of carbonyl (C=O) groups excluding carboxylic acids is 1. The molecule has 0 bridgehead atoms. The van der Waals surface area contributed by atoms with E-state index in [2.05, 4.69) is 15.6 Å². The fraction of sp³-hybridized carbons (Fsp3) is 0.412. The van der Waals surface area contributed by atoms with E-state index in [1.165, 1.54) is 4.90 Å². The van der Waals surface area contributed by atoms with E-state index in [4.69, 9.17) is 0 Å². The highest BCUT2D eigenvalue weighted by molar-refractivity contribution is 5.97. The Hall–Kier alpha value is -1.61. The molecule has 10 heteroatoms. The van der Waals surface area contributed by atoms with E-state index < -0.39 is 24.7 Å². The third kappa shape index (κ3) is 5.93. The summed E-state index contributed by atoms with van der Waals surface area (Å²) in [6.45, 7) is 1.17. The maximum Gasteiger partial charge on any atom is 0.405 e. The number of benzene rings is 1. The number of fused-ring (bicyclic) bond motifs is 1. The summed E-state index contributed by atoms with van der Waals surface area (Å²) in [6, 6.07) is 6.75. The summed E-state index contributed by atoms with van der Waals surface area (Å²) in [5, 5.41) is 6.22. The lowest BCUT2D eigenvalue weighted by Gasteiger charge is -2.35. The van der Waals surface area contributed by atoms with Crippen LogP contribution in [0, 0.1) is 0 Å². The van der Waals surface area contributed by atoms with Crippen LogP contribution in [-0.2, 0) is 0 Å². The van der Waals surface area contributed by atoms with E-state index >= 15 is 0 Å². The number of carbonyl (C=O) groups is 1. The molecule has 2 heterocycles. The number of aromatic nitrogens is 1. The van der Waals surface area contributed by atoms with Gasteiger partial charge in [-0.3, -0.25) is 14.7 Å². The SMILES string of the molecule is Cl.Cl.O=C(NCC(N1CCNCC1)C(F)(F)F)c1ccc2ncccc2c1. The summed E-state index contributed by atoms with van der Waals surface area (Å²) >= 11 is 0. The first-order valence-electron chi connectivity index (χ1n) is 8.09. The Kier molecular flexibility index (Phi) is 8.74. The minimum absolute atomic E-state index is 0. The van der Waals surface area contributed by atoms with Gasteiger partial charge in [0.1, 0.15) is 6.04 Å². The molecule has 0 aliphatic carbocycles. The fourth-order valence-electron chi connectivity index (χ4n) is 2.95. The topological polar surface area (TPSA) is 57.3 Å². The van der Waals surface area contributed by atoms with Gasteiger partial charge in [-0.15, -0.1) is 24.8 Å². The molecule has 150 valence electrons. The van der Waals surface area contributed by atoms with Crippen LogP contribution < -0.4 is 10.6 Å². The highest BCUT2D eigenvalue weighted by Crippen LogP contribution is 2.25. The van der Waals surface area contributed by atoms with Gasteiger partial charge >= 0.3 is 6.18 Å². The quantitative estimate of drug-likeness (QED) is 0.791. The number of piperazine rings is 1. The van der Waals surface area contributed by atoms with Crippen LogP contribution in [-0.4, -0.2) is 60.7 Å². The van der Waals surface area contributed by atoms with Crippen LogP contribution in [0.1, 0.15) is 10.4 Å². The lowest BCUT2D eigenvalue weighted by molar-refractivity contribution is -0.183. The van der Waals surface area contributed by atoms with E-state index in [9.17, 15) is 18.0 Å². The Morgan fingerprint density at radius 2 is 1.93 bits per heavy atom. The Balaban J connectivity index is 0.00000182. The molecule has 2 aromatic rings. The summed E-state index contributed by atoms with van der Waals surface area (Å²) in [5.41, 5.74) is 1.05. The molecular weight excluding hydrogens is 404 g/mol. The van der Waals surface area contributed by atoms with Crippen molar-refractivity contribution in [2.75, 3.05) is 32.7 Å². The molecule has 1 aliphatic heterocycles. The second-order valence-electron chi connectivity index (χ2n) is 5.96. The molecule has 1 aromatic carbocycles. The van der Waals surface area contributed by atoms with Crippen LogP contribution in [0.4, 0.5) is 13.2 Å². The molecular formula is C17H21Cl2F3N4O. The van der Waals surface area contributed by atoms with Crippen LogP contribution in [0.5, 0.6) is 0 Å². The average Bonchev–Trinajstić information content (AvgIpc) is 2.61. The van der Waals surface area contributed by atoms with Crippen molar-refractivity contribution in [2.45, 2.75) is 12.2 Å². The van der Waals surface area contributed by atoms with Crippen molar-refractivity contribution in [3.05, 3.63) is 42.1 Å². The summed E-state index contributed by atoms with van der Waals surface area (Å²) in [5.74, 6) is -0.518. The third-order valence-corrected chi connectivity index (χ3v) is 4.29. The van der Waals surface area contributed by atoms with Crippen LogP contribution >= 0.6 is 24.8 Å². The fourth-order valence-corrected chi connectivity index (χ4v) is 2.95. The van der Waals surface area contributed by atoms with Gasteiger partial charge in [0.25, 0.3) is 5.91 Å². The minimum Gasteiger partial charge on any atom is -0.350 e. The van der Waals surface area contributed by atoms with Crippen molar-refractivity contribution in [3.8, 4) is 0 Å². The predicted molar refractivity (Wildman–Crippen MR) is 103 cm³/mol. The van der Waals surface area contributed by atoms with E-state index in [0.29, 0.717) is 31.7 Å². The van der Waals surface area contributed by atoms with Gasteiger partial charge < -0.3 is 10.6 Å². The number of amides is 1. The third-order valence-electron chi connectivity index (χ3n) is 4.29. The summed E-state index contributed by atoms with van der Waals surface area (Å²) in [7, 11) is 0. The zero-order valence-electron chi connectivity index (χ0n) is 14.3. The molecule has 0 radical (unpaired) electrons. The van der Waals surface area contributed by atoms with Crippen LogP contribution in [0.2, 0.25) is 0 Å². The first kappa shape index (κ1) is 23.4. The highest BCUT2D eigenvalue weighted by atomic mass is 35.5. The molecule has 5 nitrogen and oxygen atoms in total.